The monoisotopic (exact) mass is 395 g/mol. The average Bonchev–Trinajstić information content (AvgIpc) is 2.37. The fraction of sp³-hybridized carbons (Fsp3) is 0.235. The lowest BCUT2D eigenvalue weighted by atomic mass is 10.1. The Morgan fingerprint density at radius 2 is 1.81 bits per heavy atom. The number of nitrogens with one attached hydrogen (secondary N) is 1. The minimum Gasteiger partial charge on any atom is -0.483 e. The molecule has 0 aliphatic carbocycles. The number of hydrogen-bond donors (Lipinski definition) is 1. The molecule has 0 heterocycles. The summed E-state index contributed by atoms with van der Waals surface area (Å²) in [6.45, 7) is 6.04. The van der Waals surface area contributed by atoms with Crippen LogP contribution in [0.1, 0.15) is 16.7 Å². The van der Waals surface area contributed by atoms with Gasteiger partial charge in [-0.2, -0.15) is 0 Å². The second kappa shape index (κ2) is 6.93. The largest absolute Gasteiger partial charge is 0.483 e. The van der Waals surface area contributed by atoms with Gasteiger partial charge in [0, 0.05) is 9.26 Å². The molecular weight excluding hydrogens is 377 g/mol. The predicted octanol–water partition coefficient (Wildman–Crippen LogP) is 4.23. The zero-order valence-electron chi connectivity index (χ0n) is 12.4. The minimum absolute atomic E-state index is 0.0101. The van der Waals surface area contributed by atoms with Crippen molar-refractivity contribution in [3.63, 3.8) is 0 Å². The van der Waals surface area contributed by atoms with E-state index in [1.807, 2.05) is 45.0 Å². The van der Waals surface area contributed by atoms with Crippen molar-refractivity contribution in [1.29, 1.82) is 0 Å². The molecule has 0 aromatic heterocycles. The van der Waals surface area contributed by atoms with Gasteiger partial charge >= 0.3 is 0 Å². The summed E-state index contributed by atoms with van der Waals surface area (Å²) in [5.41, 5.74) is 4.08. The summed E-state index contributed by atoms with van der Waals surface area (Å²) in [6.07, 6.45) is 0. The molecule has 2 rings (SSSR count). The zero-order chi connectivity index (χ0) is 15.4. The molecule has 0 aliphatic rings. The van der Waals surface area contributed by atoms with Crippen molar-refractivity contribution in [2.75, 3.05) is 11.9 Å². The quantitative estimate of drug-likeness (QED) is 0.787. The highest BCUT2D eigenvalue weighted by Gasteiger charge is 2.08. The van der Waals surface area contributed by atoms with Crippen molar-refractivity contribution < 1.29 is 9.53 Å². The van der Waals surface area contributed by atoms with Crippen LogP contribution >= 0.6 is 22.6 Å². The van der Waals surface area contributed by atoms with Crippen molar-refractivity contribution in [1.82, 2.24) is 0 Å². The number of benzene rings is 2. The fourth-order valence-electron chi connectivity index (χ4n) is 2.30. The molecule has 4 heteroatoms. The van der Waals surface area contributed by atoms with Gasteiger partial charge in [0.05, 0.1) is 0 Å². The molecule has 110 valence electrons. The Balaban J connectivity index is 1.99. The third kappa shape index (κ3) is 4.46. The predicted molar refractivity (Wildman–Crippen MR) is 93.9 cm³/mol. The van der Waals surface area contributed by atoms with Gasteiger partial charge in [-0.3, -0.25) is 4.79 Å². The number of ether oxygens (including phenoxy) is 1. The number of anilines is 1. The third-order valence-corrected chi connectivity index (χ3v) is 3.73. The molecule has 2 aromatic carbocycles. The van der Waals surface area contributed by atoms with Gasteiger partial charge in [0.1, 0.15) is 5.75 Å². The first-order chi connectivity index (χ1) is 9.95. The molecule has 0 atom stereocenters. The Hall–Kier alpha value is -1.56. The van der Waals surface area contributed by atoms with E-state index in [4.69, 9.17) is 4.74 Å². The van der Waals surface area contributed by atoms with Crippen molar-refractivity contribution in [3.05, 3.63) is 56.7 Å². The molecule has 1 N–H and O–H groups in total. The first-order valence-electron chi connectivity index (χ1n) is 6.72. The van der Waals surface area contributed by atoms with Crippen LogP contribution in [-0.4, -0.2) is 12.5 Å². The standard InChI is InChI=1S/C17H18INO2/c1-11-7-12(2)17(13(3)8-11)21-10-16(20)19-15-6-4-5-14(18)9-15/h4-9H,10H2,1-3H3,(H,19,20). The molecule has 21 heavy (non-hydrogen) atoms. The van der Waals surface area contributed by atoms with Crippen LogP contribution in [0.15, 0.2) is 36.4 Å². The van der Waals surface area contributed by atoms with E-state index in [-0.39, 0.29) is 12.5 Å². The summed E-state index contributed by atoms with van der Waals surface area (Å²) in [5.74, 6) is 0.634. The fourth-order valence-corrected chi connectivity index (χ4v) is 2.84. The first-order valence-corrected chi connectivity index (χ1v) is 7.79. The van der Waals surface area contributed by atoms with Gasteiger partial charge in [-0.25, -0.2) is 0 Å². The zero-order valence-corrected chi connectivity index (χ0v) is 14.5. The molecule has 1 amide bonds. The van der Waals surface area contributed by atoms with Gasteiger partial charge in [-0.05, 0) is 72.7 Å². The lowest BCUT2D eigenvalue weighted by molar-refractivity contribution is -0.118. The van der Waals surface area contributed by atoms with Gasteiger partial charge in [-0.15, -0.1) is 0 Å². The summed E-state index contributed by atoms with van der Waals surface area (Å²) in [7, 11) is 0. The van der Waals surface area contributed by atoms with Gasteiger partial charge < -0.3 is 10.1 Å². The Kier molecular flexibility index (Phi) is 5.22. The molecular formula is C17H18INO2. The number of rotatable bonds is 4. The number of halogens is 1. The highest BCUT2D eigenvalue weighted by Crippen LogP contribution is 2.24. The van der Waals surface area contributed by atoms with Crippen molar-refractivity contribution in [3.8, 4) is 5.75 Å². The topological polar surface area (TPSA) is 38.3 Å². The molecule has 0 bridgehead atoms. The van der Waals surface area contributed by atoms with Crippen LogP contribution in [0.5, 0.6) is 5.75 Å². The van der Waals surface area contributed by atoms with Crippen LogP contribution in [0.25, 0.3) is 0 Å². The first kappa shape index (κ1) is 15.8. The lowest BCUT2D eigenvalue weighted by Gasteiger charge is -2.13. The van der Waals surface area contributed by atoms with Gasteiger partial charge in [0.2, 0.25) is 0 Å². The molecule has 2 aromatic rings. The number of aryl methyl sites for hydroxylation is 3. The maximum absolute atomic E-state index is 11.9. The van der Waals surface area contributed by atoms with E-state index < -0.39 is 0 Å². The van der Waals surface area contributed by atoms with E-state index in [2.05, 4.69) is 40.0 Å². The molecule has 0 fully saturated rings. The van der Waals surface area contributed by atoms with Crippen LogP contribution in [0.3, 0.4) is 0 Å². The SMILES string of the molecule is Cc1cc(C)c(OCC(=O)Nc2cccc(I)c2)c(C)c1. The van der Waals surface area contributed by atoms with Crippen LogP contribution < -0.4 is 10.1 Å². The second-order valence-electron chi connectivity index (χ2n) is 5.08. The molecule has 0 unspecified atom stereocenters. The summed E-state index contributed by atoms with van der Waals surface area (Å²) >= 11 is 2.21. The molecule has 0 spiro atoms. The summed E-state index contributed by atoms with van der Waals surface area (Å²) < 4.78 is 6.75. The molecule has 3 nitrogen and oxygen atoms in total. The van der Waals surface area contributed by atoms with Gasteiger partial charge in [0.25, 0.3) is 5.91 Å². The number of amides is 1. The third-order valence-electron chi connectivity index (χ3n) is 3.06. The van der Waals surface area contributed by atoms with E-state index >= 15 is 0 Å². The molecule has 0 radical (unpaired) electrons. The normalized spacial score (nSPS) is 10.3. The smallest absolute Gasteiger partial charge is 0.262 e. The van der Waals surface area contributed by atoms with Crippen molar-refractivity contribution >= 4 is 34.2 Å². The van der Waals surface area contributed by atoms with E-state index in [1.165, 1.54) is 5.56 Å². The van der Waals surface area contributed by atoms with E-state index in [0.717, 1.165) is 26.1 Å². The van der Waals surface area contributed by atoms with Gasteiger partial charge in [0.15, 0.2) is 6.61 Å². The van der Waals surface area contributed by atoms with Crippen molar-refractivity contribution in [2.24, 2.45) is 0 Å². The minimum atomic E-state index is -0.156. The highest BCUT2D eigenvalue weighted by atomic mass is 127. The number of carbonyl (C=O) groups excluding carboxylic acids is 1. The second-order valence-corrected chi connectivity index (χ2v) is 6.32. The van der Waals surface area contributed by atoms with E-state index in [9.17, 15) is 4.79 Å². The van der Waals surface area contributed by atoms with E-state index in [0.29, 0.717) is 0 Å². The Bertz CT molecular complexity index is 645. The molecule has 0 saturated heterocycles. The van der Waals surface area contributed by atoms with Crippen LogP contribution in [0, 0.1) is 24.3 Å². The van der Waals surface area contributed by atoms with Crippen LogP contribution in [-0.2, 0) is 4.79 Å². The van der Waals surface area contributed by atoms with Crippen molar-refractivity contribution in [2.45, 2.75) is 20.8 Å². The summed E-state index contributed by atoms with van der Waals surface area (Å²) in [5, 5.41) is 2.83. The Morgan fingerprint density at radius 3 is 2.43 bits per heavy atom. The Labute approximate surface area is 138 Å². The van der Waals surface area contributed by atoms with Gasteiger partial charge in [-0.1, -0.05) is 23.8 Å². The molecule has 0 aliphatic heterocycles. The number of hydrogen-bond acceptors (Lipinski definition) is 2. The average molecular weight is 395 g/mol. The van der Waals surface area contributed by atoms with Crippen LogP contribution in [0.2, 0.25) is 0 Å². The maximum atomic E-state index is 11.9. The maximum Gasteiger partial charge on any atom is 0.262 e. The Morgan fingerprint density at radius 1 is 1.14 bits per heavy atom. The van der Waals surface area contributed by atoms with E-state index in [1.54, 1.807) is 0 Å². The summed E-state index contributed by atoms with van der Waals surface area (Å²) in [6, 6.07) is 11.8. The highest BCUT2D eigenvalue weighted by molar-refractivity contribution is 14.1. The molecule has 0 saturated carbocycles. The lowest BCUT2D eigenvalue weighted by Crippen LogP contribution is -2.20. The summed E-state index contributed by atoms with van der Waals surface area (Å²) in [4.78, 5) is 11.9. The number of carbonyl (C=O) groups is 1. The van der Waals surface area contributed by atoms with Crippen LogP contribution in [0.4, 0.5) is 5.69 Å².